The van der Waals surface area contributed by atoms with Gasteiger partial charge in [0.2, 0.25) is 0 Å². The number of carbonyl (C=O) groups is 1. The highest BCUT2D eigenvalue weighted by Gasteiger charge is 2.54. The van der Waals surface area contributed by atoms with Crippen molar-refractivity contribution in [2.24, 2.45) is 0 Å². The van der Waals surface area contributed by atoms with E-state index in [9.17, 15) is 13.8 Å². The molecule has 0 bridgehead atoms. The van der Waals surface area contributed by atoms with E-state index < -0.39 is 32.6 Å². The van der Waals surface area contributed by atoms with Crippen LogP contribution in [0.25, 0.3) is 22.7 Å². The van der Waals surface area contributed by atoms with Crippen molar-refractivity contribution in [1.82, 2.24) is 38.4 Å². The third-order valence-electron chi connectivity index (χ3n) is 12.8. The number of carbonyl (C=O) groups excluding carboxylic acids is 1. The van der Waals surface area contributed by atoms with Gasteiger partial charge in [0.15, 0.2) is 5.82 Å². The van der Waals surface area contributed by atoms with Crippen molar-refractivity contribution in [2.75, 3.05) is 26.0 Å². The van der Waals surface area contributed by atoms with Gasteiger partial charge in [-0.05, 0) is 124 Å². The number of H-pyrrole nitrogens is 1. The zero-order chi connectivity index (χ0) is 42.5. The van der Waals surface area contributed by atoms with Crippen LogP contribution in [0.2, 0.25) is 0 Å². The van der Waals surface area contributed by atoms with Crippen LogP contribution in [0.3, 0.4) is 0 Å². The summed E-state index contributed by atoms with van der Waals surface area (Å²) in [5.74, 6) is -0.0924. The molecule has 2 aliphatic heterocycles. The van der Waals surface area contributed by atoms with Gasteiger partial charge in [0.05, 0.1) is 43.8 Å². The maximum Gasteiger partial charge on any atom is 0.438 e. The Balaban J connectivity index is 1.11. The van der Waals surface area contributed by atoms with Crippen molar-refractivity contribution in [3.05, 3.63) is 145 Å². The van der Waals surface area contributed by atoms with Crippen LogP contribution in [-0.4, -0.2) is 74.5 Å². The number of pyridine rings is 1. The molecule has 61 heavy (non-hydrogen) atoms. The maximum atomic E-state index is 15.3. The number of aryl methyl sites for hydroxylation is 2. The first kappa shape index (κ1) is 38.8. The summed E-state index contributed by atoms with van der Waals surface area (Å²) in [5.41, 5.74) is 5.33. The van der Waals surface area contributed by atoms with Gasteiger partial charge in [-0.25, -0.2) is 27.6 Å². The fraction of sp³-hybridized carbons (Fsp3) is 0.341. The summed E-state index contributed by atoms with van der Waals surface area (Å²) in [6.45, 7) is 7.02. The number of rotatable bonds is 8. The molecule has 3 aliphatic rings. The second kappa shape index (κ2) is 14.1. The van der Waals surface area contributed by atoms with Crippen LogP contribution in [0.15, 0.2) is 92.2 Å². The first-order valence-electron chi connectivity index (χ1n) is 20.4. The largest absolute Gasteiger partial charge is 0.438 e. The highest BCUT2D eigenvalue weighted by molar-refractivity contribution is 7.91. The van der Waals surface area contributed by atoms with Gasteiger partial charge in [-0.3, -0.25) is 23.4 Å². The minimum absolute atomic E-state index is 0.222. The quantitative estimate of drug-likeness (QED) is 0.180. The van der Waals surface area contributed by atoms with E-state index in [1.807, 2.05) is 28.5 Å². The van der Waals surface area contributed by atoms with Gasteiger partial charge in [-0.1, -0.05) is 5.16 Å². The summed E-state index contributed by atoms with van der Waals surface area (Å²) in [6, 6.07) is 15.4. The predicted octanol–water partition coefficient (Wildman–Crippen LogP) is 6.27. The molecule has 10 rings (SSSR count). The second-order valence-electron chi connectivity index (χ2n) is 16.6. The molecule has 1 amide bonds. The van der Waals surface area contributed by atoms with Crippen LogP contribution in [0.1, 0.15) is 94.4 Å². The molecule has 2 atom stereocenters. The molecule has 7 aromatic rings. The van der Waals surface area contributed by atoms with Crippen molar-refractivity contribution in [3.8, 4) is 17.2 Å². The number of nitrogens with zero attached hydrogens (tertiary/aromatic N) is 7. The van der Waals surface area contributed by atoms with Gasteiger partial charge >= 0.3 is 11.4 Å². The number of imidazole rings is 1. The third-order valence-corrected chi connectivity index (χ3v) is 13.9. The van der Waals surface area contributed by atoms with Crippen molar-refractivity contribution in [1.29, 1.82) is 4.78 Å². The molecular formula is C44H44FN9O6S. The smallest absolute Gasteiger partial charge is 0.381 e. The first-order chi connectivity index (χ1) is 29.2. The van der Waals surface area contributed by atoms with Crippen LogP contribution in [-0.2, 0) is 26.3 Å². The lowest BCUT2D eigenvalue weighted by molar-refractivity contribution is 0.0675. The summed E-state index contributed by atoms with van der Waals surface area (Å²) in [5, 5.41) is 9.17. The Kier molecular flexibility index (Phi) is 8.99. The summed E-state index contributed by atoms with van der Waals surface area (Å²) in [4.78, 5) is 47.0. The number of hydrogen-bond donors (Lipinski definition) is 2. The summed E-state index contributed by atoms with van der Waals surface area (Å²) in [7, 11) is -2.96. The number of fused-ring (bicyclic) bond motifs is 2. The van der Waals surface area contributed by atoms with Crippen LogP contribution in [0.5, 0.6) is 0 Å². The van der Waals surface area contributed by atoms with E-state index in [1.165, 1.54) is 21.0 Å². The minimum atomic E-state index is -2.96. The topological polar surface area (TPSA) is 179 Å². The van der Waals surface area contributed by atoms with Gasteiger partial charge in [0, 0.05) is 72.7 Å². The Hall–Kier alpha value is -6.33. The average Bonchev–Trinajstić information content (AvgIpc) is 3.54. The fourth-order valence-electron chi connectivity index (χ4n) is 9.42. The number of benzene rings is 2. The standard InChI is InChI=1S/C44H44FN9O6S/c1-25-21-32(22-26(2)37(25)45)54-39(53-18-17-52(43(53)57)30-5-7-33(8-6-30)61(4,46)58)36-27(3)50(16-10-35(36)48-54)40(55)34-24-31-23-29(28-11-19-59-20-12-28)9-15-51(31)38(34)44(13-14-44)41-47-42(56)60-49-41/h5-9,15,17-18,21-24,27-28,46H,10-14,16,19-20H2,1-4H3,(H,47,49,56)/t27-,61-/m0/s1. The minimum Gasteiger partial charge on any atom is -0.381 e. The molecule has 2 N–H and O–H groups in total. The zero-order valence-corrected chi connectivity index (χ0v) is 34.9. The number of aromatic nitrogens is 7. The zero-order valence-electron chi connectivity index (χ0n) is 34.1. The number of amides is 1. The van der Waals surface area contributed by atoms with Crippen molar-refractivity contribution in [2.45, 2.75) is 75.1 Å². The molecule has 314 valence electrons. The summed E-state index contributed by atoms with van der Waals surface area (Å²) in [6.07, 6.45) is 10.1. The molecule has 0 spiro atoms. The second-order valence-corrected chi connectivity index (χ2v) is 18.8. The third kappa shape index (κ3) is 6.31. The molecule has 2 aromatic carbocycles. The van der Waals surface area contributed by atoms with Crippen molar-refractivity contribution in [3.63, 3.8) is 0 Å². The SMILES string of the molecule is Cc1cc(-n2nc3c(c2-n2ccn(-c4ccc([S@@](C)(=N)=O)cc4)c2=O)[C@H](C)N(C(=O)c2cc4cc(C5CCOCC5)ccn4c2C2(c4noc(=O)[nH]4)CC2)CC3)cc(C)c1F. The molecule has 1 aliphatic carbocycles. The number of nitrogens with one attached hydrogen (secondary N) is 2. The van der Waals surface area contributed by atoms with E-state index in [-0.39, 0.29) is 11.7 Å². The first-order valence-corrected chi connectivity index (χ1v) is 22.3. The van der Waals surface area contributed by atoms with Gasteiger partial charge in [-0.15, -0.1) is 0 Å². The molecule has 15 nitrogen and oxygen atoms in total. The van der Waals surface area contributed by atoms with E-state index in [1.54, 1.807) is 67.3 Å². The molecule has 0 unspecified atom stereocenters. The number of hydrogen-bond acceptors (Lipinski definition) is 9. The van der Waals surface area contributed by atoms with Crippen molar-refractivity contribution >= 4 is 21.2 Å². The lowest BCUT2D eigenvalue weighted by atomic mass is 9.92. The van der Waals surface area contributed by atoms with Crippen LogP contribution in [0, 0.1) is 24.4 Å². The van der Waals surface area contributed by atoms with Gasteiger partial charge < -0.3 is 14.0 Å². The molecule has 0 radical (unpaired) electrons. The highest BCUT2D eigenvalue weighted by Crippen LogP contribution is 2.54. The van der Waals surface area contributed by atoms with E-state index in [4.69, 9.17) is 19.1 Å². The maximum absolute atomic E-state index is 15.3. The predicted molar refractivity (Wildman–Crippen MR) is 223 cm³/mol. The number of aromatic amines is 1. The van der Waals surface area contributed by atoms with E-state index in [2.05, 4.69) is 22.3 Å². The van der Waals surface area contributed by atoms with Crippen LogP contribution >= 0.6 is 0 Å². The molecule has 5 aromatic heterocycles. The molecule has 1 saturated heterocycles. The van der Waals surface area contributed by atoms with Crippen LogP contribution < -0.4 is 11.4 Å². The molecule has 17 heteroatoms. The lowest BCUT2D eigenvalue weighted by Crippen LogP contribution is -2.40. The van der Waals surface area contributed by atoms with Gasteiger partial charge in [-0.2, -0.15) is 5.10 Å². The Morgan fingerprint density at radius 3 is 2.33 bits per heavy atom. The molecule has 1 saturated carbocycles. The Morgan fingerprint density at radius 2 is 1.67 bits per heavy atom. The fourth-order valence-corrected chi connectivity index (χ4v) is 10.1. The Labute approximate surface area is 349 Å². The van der Waals surface area contributed by atoms with Crippen LogP contribution in [0.4, 0.5) is 4.39 Å². The van der Waals surface area contributed by atoms with Gasteiger partial charge in [0.1, 0.15) is 11.6 Å². The normalized spacial score (nSPS) is 18.6. The number of halogens is 1. The van der Waals surface area contributed by atoms with E-state index >= 15 is 9.18 Å². The average molecular weight is 846 g/mol. The lowest BCUT2D eigenvalue weighted by Gasteiger charge is -2.34. The summed E-state index contributed by atoms with van der Waals surface area (Å²) < 4.78 is 52.7. The monoisotopic (exact) mass is 845 g/mol. The summed E-state index contributed by atoms with van der Waals surface area (Å²) >= 11 is 0. The Morgan fingerprint density at radius 1 is 0.967 bits per heavy atom. The molecular weight excluding hydrogens is 802 g/mol. The van der Waals surface area contributed by atoms with Crippen molar-refractivity contribution < 1.29 is 22.7 Å². The molecule has 7 heterocycles. The highest BCUT2D eigenvalue weighted by atomic mass is 32.2. The number of ether oxygens (including phenoxy) is 1. The van der Waals surface area contributed by atoms with Gasteiger partial charge in [0.25, 0.3) is 5.91 Å². The van der Waals surface area contributed by atoms with E-state index in [0.29, 0.717) is 101 Å². The molecule has 2 fully saturated rings. The van der Waals surface area contributed by atoms with E-state index in [0.717, 1.165) is 24.1 Å². The Bertz CT molecular complexity index is 3120.